The molecule has 5 rings (SSSR count). The van der Waals surface area contributed by atoms with Gasteiger partial charge in [0.2, 0.25) is 5.91 Å². The number of methoxy groups -OCH3 is 1. The lowest BCUT2D eigenvalue weighted by Crippen LogP contribution is -2.15. The Morgan fingerprint density at radius 1 is 1.03 bits per heavy atom. The first-order chi connectivity index (χ1) is 16.0. The Labute approximate surface area is 194 Å². The van der Waals surface area contributed by atoms with Crippen LogP contribution in [0.25, 0.3) is 22.4 Å². The molecule has 0 fully saturated rings. The van der Waals surface area contributed by atoms with Crippen LogP contribution in [0.5, 0.6) is 5.75 Å². The number of aromatic nitrogens is 5. The molecule has 166 valence electrons. The van der Waals surface area contributed by atoms with Crippen molar-refractivity contribution in [2.24, 2.45) is 0 Å². The molecule has 0 atom stereocenters. The quantitative estimate of drug-likeness (QED) is 0.380. The van der Waals surface area contributed by atoms with E-state index in [4.69, 9.17) is 4.74 Å². The number of thioether (sulfide) groups is 1. The van der Waals surface area contributed by atoms with Crippen LogP contribution in [-0.2, 0) is 4.79 Å². The molecule has 2 aromatic carbocycles. The average molecular weight is 459 g/mol. The van der Waals surface area contributed by atoms with Gasteiger partial charge in [-0.3, -0.25) is 9.20 Å². The van der Waals surface area contributed by atoms with Crippen molar-refractivity contribution in [3.05, 3.63) is 72.1 Å². The fourth-order valence-corrected chi connectivity index (χ4v) is 4.31. The van der Waals surface area contributed by atoms with Gasteiger partial charge in [0.05, 0.1) is 24.2 Å². The van der Waals surface area contributed by atoms with Crippen LogP contribution in [0.15, 0.2) is 66.1 Å². The molecule has 8 nitrogen and oxygen atoms in total. The van der Waals surface area contributed by atoms with E-state index in [9.17, 15) is 4.79 Å². The third kappa shape index (κ3) is 4.14. The number of amides is 1. The standard InChI is InChI=1S/C24H22N6O2S/c1-15-4-7-17(8-5-15)18-13-20-23-26-27-24(29(23)10-11-30(20)28-18)33-14-22(31)25-19-12-16(2)6-9-21(19)32-3/h4-13H,14H2,1-3H3,(H,25,31). The van der Waals surface area contributed by atoms with Gasteiger partial charge in [0.1, 0.15) is 11.3 Å². The monoisotopic (exact) mass is 458 g/mol. The van der Waals surface area contributed by atoms with E-state index in [1.165, 1.54) is 17.3 Å². The molecule has 3 aromatic heterocycles. The number of ether oxygens (including phenoxy) is 1. The van der Waals surface area contributed by atoms with Gasteiger partial charge in [-0.1, -0.05) is 47.7 Å². The SMILES string of the molecule is COc1ccc(C)cc1NC(=O)CSc1nnc2c3cc(-c4ccc(C)cc4)nn3ccn12. The Bertz CT molecular complexity index is 1470. The first kappa shape index (κ1) is 21.0. The van der Waals surface area contributed by atoms with E-state index in [0.29, 0.717) is 22.2 Å². The van der Waals surface area contributed by atoms with E-state index in [-0.39, 0.29) is 11.7 Å². The molecule has 1 N–H and O–H groups in total. The van der Waals surface area contributed by atoms with Gasteiger partial charge in [0, 0.05) is 18.0 Å². The summed E-state index contributed by atoms with van der Waals surface area (Å²) in [5.41, 5.74) is 6.34. The topological polar surface area (TPSA) is 85.8 Å². The second-order valence-electron chi connectivity index (χ2n) is 7.74. The molecule has 5 aromatic rings. The Hall–Kier alpha value is -3.85. The molecule has 0 bridgehead atoms. The third-order valence-corrected chi connectivity index (χ3v) is 6.24. The molecule has 0 saturated heterocycles. The molecule has 0 unspecified atom stereocenters. The number of carbonyl (C=O) groups is 1. The van der Waals surface area contributed by atoms with Crippen LogP contribution >= 0.6 is 11.8 Å². The summed E-state index contributed by atoms with van der Waals surface area (Å²) in [6, 6.07) is 15.9. The summed E-state index contributed by atoms with van der Waals surface area (Å²) in [6.07, 6.45) is 3.73. The molecule has 9 heteroatoms. The van der Waals surface area contributed by atoms with E-state index >= 15 is 0 Å². The largest absolute Gasteiger partial charge is 0.495 e. The molecule has 0 aliphatic heterocycles. The number of benzene rings is 2. The first-order valence-electron chi connectivity index (χ1n) is 10.4. The molecular weight excluding hydrogens is 436 g/mol. The zero-order valence-corrected chi connectivity index (χ0v) is 19.3. The fourth-order valence-electron chi connectivity index (χ4n) is 3.59. The molecule has 1 amide bonds. The van der Waals surface area contributed by atoms with Gasteiger partial charge in [-0.15, -0.1) is 10.2 Å². The van der Waals surface area contributed by atoms with Crippen LogP contribution in [0.3, 0.4) is 0 Å². The number of anilines is 1. The molecule has 0 aliphatic carbocycles. The maximum Gasteiger partial charge on any atom is 0.234 e. The lowest BCUT2D eigenvalue weighted by Gasteiger charge is -2.10. The zero-order valence-electron chi connectivity index (χ0n) is 18.4. The Morgan fingerprint density at radius 2 is 1.82 bits per heavy atom. The molecule has 0 aliphatic rings. The predicted molar refractivity (Wildman–Crippen MR) is 129 cm³/mol. The van der Waals surface area contributed by atoms with Crippen molar-refractivity contribution in [2.45, 2.75) is 19.0 Å². The van der Waals surface area contributed by atoms with E-state index in [1.807, 2.05) is 48.0 Å². The van der Waals surface area contributed by atoms with Gasteiger partial charge >= 0.3 is 0 Å². The molecule has 0 radical (unpaired) electrons. The van der Waals surface area contributed by atoms with Crippen LogP contribution in [0.4, 0.5) is 5.69 Å². The Balaban J connectivity index is 1.36. The number of hydrogen-bond donors (Lipinski definition) is 1. The highest BCUT2D eigenvalue weighted by Gasteiger charge is 2.15. The summed E-state index contributed by atoms with van der Waals surface area (Å²) in [4.78, 5) is 12.6. The fraction of sp³-hybridized carbons (Fsp3) is 0.167. The van der Waals surface area contributed by atoms with Crippen LogP contribution in [0.2, 0.25) is 0 Å². The number of nitrogens with one attached hydrogen (secondary N) is 1. The minimum Gasteiger partial charge on any atom is -0.495 e. The lowest BCUT2D eigenvalue weighted by atomic mass is 10.1. The highest BCUT2D eigenvalue weighted by Crippen LogP contribution is 2.27. The Kier molecular flexibility index (Phi) is 5.47. The van der Waals surface area contributed by atoms with Gasteiger partial charge in [-0.05, 0) is 37.6 Å². The van der Waals surface area contributed by atoms with Crippen molar-refractivity contribution < 1.29 is 9.53 Å². The number of aryl methyl sites for hydroxylation is 2. The van der Waals surface area contributed by atoms with Crippen molar-refractivity contribution >= 4 is 34.5 Å². The molecule has 0 saturated carbocycles. The highest BCUT2D eigenvalue weighted by atomic mass is 32.2. The van der Waals surface area contributed by atoms with E-state index < -0.39 is 0 Å². The molecular formula is C24H22N6O2S. The van der Waals surface area contributed by atoms with Crippen LogP contribution < -0.4 is 10.1 Å². The van der Waals surface area contributed by atoms with Crippen LogP contribution in [0.1, 0.15) is 11.1 Å². The van der Waals surface area contributed by atoms with E-state index in [1.54, 1.807) is 11.6 Å². The van der Waals surface area contributed by atoms with Crippen LogP contribution in [0, 0.1) is 13.8 Å². The molecule has 0 spiro atoms. The van der Waals surface area contributed by atoms with Gasteiger partial charge in [-0.25, -0.2) is 4.52 Å². The second kappa shape index (κ2) is 8.59. The maximum atomic E-state index is 12.6. The van der Waals surface area contributed by atoms with E-state index in [0.717, 1.165) is 22.3 Å². The van der Waals surface area contributed by atoms with Crippen molar-refractivity contribution in [3.63, 3.8) is 0 Å². The molecule has 33 heavy (non-hydrogen) atoms. The first-order valence-corrected chi connectivity index (χ1v) is 11.4. The third-order valence-electron chi connectivity index (χ3n) is 5.30. The average Bonchev–Trinajstić information content (AvgIpc) is 3.42. The summed E-state index contributed by atoms with van der Waals surface area (Å²) in [6.45, 7) is 4.03. The van der Waals surface area contributed by atoms with Crippen molar-refractivity contribution in [3.8, 4) is 17.0 Å². The predicted octanol–water partition coefficient (Wildman–Crippen LogP) is 4.40. The summed E-state index contributed by atoms with van der Waals surface area (Å²) < 4.78 is 9.01. The van der Waals surface area contributed by atoms with Crippen LogP contribution in [-0.4, -0.2) is 43.0 Å². The number of fused-ring (bicyclic) bond motifs is 3. The summed E-state index contributed by atoms with van der Waals surface area (Å²) in [5.74, 6) is 0.670. The van der Waals surface area contributed by atoms with Gasteiger partial charge in [-0.2, -0.15) is 5.10 Å². The van der Waals surface area contributed by atoms with E-state index in [2.05, 4.69) is 51.8 Å². The summed E-state index contributed by atoms with van der Waals surface area (Å²) in [7, 11) is 1.58. The number of nitrogens with zero attached hydrogens (tertiary/aromatic N) is 5. The maximum absolute atomic E-state index is 12.6. The lowest BCUT2D eigenvalue weighted by molar-refractivity contribution is -0.113. The minimum atomic E-state index is -0.146. The number of hydrogen-bond acceptors (Lipinski definition) is 6. The number of rotatable bonds is 6. The van der Waals surface area contributed by atoms with Crippen molar-refractivity contribution in [1.29, 1.82) is 0 Å². The smallest absolute Gasteiger partial charge is 0.234 e. The van der Waals surface area contributed by atoms with Crippen molar-refractivity contribution in [2.75, 3.05) is 18.2 Å². The Morgan fingerprint density at radius 3 is 2.61 bits per heavy atom. The highest BCUT2D eigenvalue weighted by molar-refractivity contribution is 7.99. The summed E-state index contributed by atoms with van der Waals surface area (Å²) >= 11 is 1.32. The zero-order chi connectivity index (χ0) is 22.9. The van der Waals surface area contributed by atoms with Gasteiger partial charge in [0.15, 0.2) is 10.8 Å². The van der Waals surface area contributed by atoms with Gasteiger partial charge < -0.3 is 10.1 Å². The minimum absolute atomic E-state index is 0.146. The molecule has 3 heterocycles. The van der Waals surface area contributed by atoms with Gasteiger partial charge in [0.25, 0.3) is 0 Å². The normalized spacial score (nSPS) is 11.2. The number of carbonyl (C=O) groups excluding carboxylic acids is 1. The second-order valence-corrected chi connectivity index (χ2v) is 8.68. The van der Waals surface area contributed by atoms with Crippen molar-refractivity contribution in [1.82, 2.24) is 24.2 Å². The summed E-state index contributed by atoms with van der Waals surface area (Å²) in [5, 5.41) is 16.9.